The van der Waals surface area contributed by atoms with Gasteiger partial charge in [-0.2, -0.15) is 0 Å². The summed E-state index contributed by atoms with van der Waals surface area (Å²) in [7, 11) is 0. The molecule has 0 N–H and O–H groups in total. The van der Waals surface area contributed by atoms with E-state index >= 15 is 0 Å². The molecule has 1 heteroatoms. The maximum Gasteiger partial charge on any atom is 0.0740 e. The monoisotopic (exact) mass is 191 g/mol. The van der Waals surface area contributed by atoms with Crippen LogP contribution in [0.2, 0.25) is 0 Å². The number of nitrogens with zero attached hydrogens (tertiary/aromatic N) is 1. The van der Waals surface area contributed by atoms with Gasteiger partial charge in [-0.15, -0.1) is 6.42 Å². The Bertz CT molecular complexity index is 204. The summed E-state index contributed by atoms with van der Waals surface area (Å²) in [6.45, 7) is 2.48. The lowest BCUT2D eigenvalue weighted by Crippen LogP contribution is -2.38. The van der Waals surface area contributed by atoms with E-state index in [1.165, 1.54) is 58.0 Å². The summed E-state index contributed by atoms with van der Waals surface area (Å²) >= 11 is 0. The SMILES string of the molecule is C#C[C@H](C1CCCCC1)N1CCCC1. The first-order chi connectivity index (χ1) is 6.92. The summed E-state index contributed by atoms with van der Waals surface area (Å²) in [6, 6.07) is 0.456. The molecule has 1 atom stereocenters. The predicted octanol–water partition coefficient (Wildman–Crippen LogP) is 2.66. The standard InChI is InChI=1S/C13H21N/c1-2-13(14-10-6-7-11-14)12-8-4-3-5-9-12/h1,12-13H,3-11H2/t13-/m1/s1. The molecule has 78 valence electrons. The van der Waals surface area contributed by atoms with E-state index in [9.17, 15) is 0 Å². The third-order valence-electron chi connectivity index (χ3n) is 3.80. The third-order valence-corrected chi connectivity index (χ3v) is 3.80. The highest BCUT2D eigenvalue weighted by molar-refractivity contribution is 5.04. The van der Waals surface area contributed by atoms with Crippen molar-refractivity contribution < 1.29 is 0 Å². The van der Waals surface area contributed by atoms with Crippen molar-refractivity contribution in [1.29, 1.82) is 0 Å². The van der Waals surface area contributed by atoms with Gasteiger partial charge in [0.1, 0.15) is 0 Å². The van der Waals surface area contributed by atoms with Crippen molar-refractivity contribution in [2.75, 3.05) is 13.1 Å². The summed E-state index contributed by atoms with van der Waals surface area (Å²) < 4.78 is 0. The van der Waals surface area contributed by atoms with E-state index in [1.807, 2.05) is 0 Å². The van der Waals surface area contributed by atoms with E-state index in [1.54, 1.807) is 0 Å². The van der Waals surface area contributed by atoms with E-state index in [4.69, 9.17) is 6.42 Å². The van der Waals surface area contributed by atoms with Gasteiger partial charge in [0.05, 0.1) is 6.04 Å². The van der Waals surface area contributed by atoms with Gasteiger partial charge in [-0.05, 0) is 44.7 Å². The fourth-order valence-electron chi connectivity index (χ4n) is 3.01. The van der Waals surface area contributed by atoms with Crippen LogP contribution in [0.4, 0.5) is 0 Å². The van der Waals surface area contributed by atoms with Crippen LogP contribution in [-0.4, -0.2) is 24.0 Å². The topological polar surface area (TPSA) is 3.24 Å². The van der Waals surface area contributed by atoms with Crippen LogP contribution >= 0.6 is 0 Å². The fraction of sp³-hybridized carbons (Fsp3) is 0.846. The van der Waals surface area contributed by atoms with Gasteiger partial charge >= 0.3 is 0 Å². The van der Waals surface area contributed by atoms with Crippen LogP contribution in [0.1, 0.15) is 44.9 Å². The Hall–Kier alpha value is -0.480. The lowest BCUT2D eigenvalue weighted by Gasteiger charge is -2.33. The first-order valence-electron chi connectivity index (χ1n) is 6.12. The Labute approximate surface area is 87.9 Å². The zero-order chi connectivity index (χ0) is 9.80. The summed E-state index contributed by atoms with van der Waals surface area (Å²) in [5.41, 5.74) is 0. The normalized spacial score (nSPS) is 27.4. The predicted molar refractivity (Wildman–Crippen MR) is 60.0 cm³/mol. The number of terminal acetylenes is 1. The van der Waals surface area contributed by atoms with Crippen molar-refractivity contribution >= 4 is 0 Å². The van der Waals surface area contributed by atoms with Crippen molar-refractivity contribution in [1.82, 2.24) is 4.90 Å². The zero-order valence-corrected chi connectivity index (χ0v) is 9.04. The molecule has 0 aromatic heterocycles. The largest absolute Gasteiger partial charge is 0.290 e. The van der Waals surface area contributed by atoms with Gasteiger partial charge < -0.3 is 0 Å². The van der Waals surface area contributed by atoms with Gasteiger partial charge in [0, 0.05) is 0 Å². The molecular formula is C13H21N. The molecule has 1 saturated heterocycles. The third kappa shape index (κ3) is 2.12. The van der Waals surface area contributed by atoms with Crippen LogP contribution in [-0.2, 0) is 0 Å². The Kier molecular flexibility index (Phi) is 3.48. The van der Waals surface area contributed by atoms with Gasteiger partial charge in [0.2, 0.25) is 0 Å². The van der Waals surface area contributed by atoms with Gasteiger partial charge in [0.25, 0.3) is 0 Å². The van der Waals surface area contributed by atoms with Gasteiger partial charge in [-0.25, -0.2) is 0 Å². The minimum absolute atomic E-state index is 0.456. The van der Waals surface area contributed by atoms with Crippen LogP contribution in [0, 0.1) is 18.3 Å². The molecule has 1 aliphatic heterocycles. The zero-order valence-electron chi connectivity index (χ0n) is 9.04. The molecule has 0 radical (unpaired) electrons. The van der Waals surface area contributed by atoms with Crippen LogP contribution in [0.3, 0.4) is 0 Å². The molecular weight excluding hydrogens is 170 g/mol. The fourth-order valence-corrected chi connectivity index (χ4v) is 3.01. The van der Waals surface area contributed by atoms with Crippen LogP contribution < -0.4 is 0 Å². The molecule has 2 fully saturated rings. The van der Waals surface area contributed by atoms with Crippen molar-refractivity contribution in [3.8, 4) is 12.3 Å². The summed E-state index contributed by atoms with van der Waals surface area (Å²) in [5, 5.41) is 0. The van der Waals surface area contributed by atoms with Gasteiger partial charge in [0.15, 0.2) is 0 Å². The second-order valence-corrected chi connectivity index (χ2v) is 4.75. The van der Waals surface area contributed by atoms with Crippen LogP contribution in [0.5, 0.6) is 0 Å². The number of hydrogen-bond donors (Lipinski definition) is 0. The molecule has 0 aromatic carbocycles. The number of rotatable bonds is 2. The summed E-state index contributed by atoms with van der Waals surface area (Å²) in [6.07, 6.45) is 15.4. The van der Waals surface area contributed by atoms with Crippen LogP contribution in [0.25, 0.3) is 0 Å². The van der Waals surface area contributed by atoms with Gasteiger partial charge in [-0.3, -0.25) is 4.90 Å². The molecule has 0 bridgehead atoms. The minimum atomic E-state index is 0.456. The van der Waals surface area contributed by atoms with E-state index in [-0.39, 0.29) is 0 Å². The first-order valence-corrected chi connectivity index (χ1v) is 6.12. The maximum absolute atomic E-state index is 5.69. The summed E-state index contributed by atoms with van der Waals surface area (Å²) in [5.74, 6) is 3.84. The van der Waals surface area contributed by atoms with E-state index in [0.717, 1.165) is 5.92 Å². The molecule has 1 saturated carbocycles. The molecule has 2 rings (SSSR count). The molecule has 1 heterocycles. The molecule has 0 spiro atoms. The lowest BCUT2D eigenvalue weighted by molar-refractivity contribution is 0.185. The molecule has 14 heavy (non-hydrogen) atoms. The van der Waals surface area contributed by atoms with Crippen LogP contribution in [0.15, 0.2) is 0 Å². The summed E-state index contributed by atoms with van der Waals surface area (Å²) in [4.78, 5) is 2.54. The maximum atomic E-state index is 5.69. The second kappa shape index (κ2) is 4.84. The van der Waals surface area contributed by atoms with Crippen molar-refractivity contribution in [3.05, 3.63) is 0 Å². The molecule has 1 nitrogen and oxygen atoms in total. The van der Waals surface area contributed by atoms with Gasteiger partial charge in [-0.1, -0.05) is 25.2 Å². The van der Waals surface area contributed by atoms with E-state index in [2.05, 4.69) is 10.8 Å². The highest BCUT2D eigenvalue weighted by Crippen LogP contribution is 2.30. The second-order valence-electron chi connectivity index (χ2n) is 4.75. The average Bonchev–Trinajstić information content (AvgIpc) is 2.74. The minimum Gasteiger partial charge on any atom is -0.290 e. The smallest absolute Gasteiger partial charge is 0.0740 e. The van der Waals surface area contributed by atoms with Crippen molar-refractivity contribution in [3.63, 3.8) is 0 Å². The molecule has 2 aliphatic rings. The Morgan fingerprint density at radius 3 is 2.21 bits per heavy atom. The number of likely N-dealkylation sites (tertiary alicyclic amines) is 1. The molecule has 0 aromatic rings. The first kappa shape index (κ1) is 10.1. The Morgan fingerprint density at radius 2 is 1.64 bits per heavy atom. The van der Waals surface area contributed by atoms with Crippen molar-refractivity contribution in [2.24, 2.45) is 5.92 Å². The lowest BCUT2D eigenvalue weighted by atomic mass is 9.83. The van der Waals surface area contributed by atoms with Crippen molar-refractivity contribution in [2.45, 2.75) is 51.0 Å². The van der Waals surface area contributed by atoms with E-state index in [0.29, 0.717) is 6.04 Å². The Morgan fingerprint density at radius 1 is 1.00 bits per heavy atom. The Balaban J connectivity index is 1.93. The molecule has 1 aliphatic carbocycles. The highest BCUT2D eigenvalue weighted by Gasteiger charge is 2.28. The molecule has 0 amide bonds. The highest BCUT2D eigenvalue weighted by atomic mass is 15.2. The number of hydrogen-bond acceptors (Lipinski definition) is 1. The van der Waals surface area contributed by atoms with E-state index < -0.39 is 0 Å². The quantitative estimate of drug-likeness (QED) is 0.607. The molecule has 0 unspecified atom stereocenters. The average molecular weight is 191 g/mol.